The number of unbranched alkanes of at least 4 members (excludes halogenated alkanes) is 1. The first-order chi connectivity index (χ1) is 11.4. The lowest BCUT2D eigenvalue weighted by Gasteiger charge is -2.10. The zero-order chi connectivity index (χ0) is 17.7. The number of benzene rings is 1. The fourth-order valence-electron chi connectivity index (χ4n) is 2.02. The largest absolute Gasteiger partial charge is 0.480 e. The van der Waals surface area contributed by atoms with Gasteiger partial charge in [-0.05, 0) is 42.0 Å². The summed E-state index contributed by atoms with van der Waals surface area (Å²) in [4.78, 5) is 36.2. The SMILES string of the molecule is CCCCN1C(=O)SC(=Cc2ccc(OCC(=O)O)c(Cl)c2)C1=O. The van der Waals surface area contributed by atoms with E-state index in [4.69, 9.17) is 21.4 Å². The Kier molecular flexibility index (Phi) is 6.28. The standard InChI is InChI=1S/C16H16ClNO5S/c1-2-3-6-18-15(21)13(24-16(18)22)8-10-4-5-12(11(17)7-10)23-9-14(19)20/h4-5,7-8H,2-3,6,9H2,1H3,(H,19,20). The molecule has 8 heteroatoms. The summed E-state index contributed by atoms with van der Waals surface area (Å²) in [6, 6.07) is 4.72. The molecule has 1 fully saturated rings. The predicted molar refractivity (Wildman–Crippen MR) is 92.2 cm³/mol. The monoisotopic (exact) mass is 369 g/mol. The average Bonchev–Trinajstić information content (AvgIpc) is 2.78. The van der Waals surface area contributed by atoms with Gasteiger partial charge in [-0.2, -0.15) is 0 Å². The maximum absolute atomic E-state index is 12.2. The summed E-state index contributed by atoms with van der Waals surface area (Å²) in [5.41, 5.74) is 0.628. The molecule has 0 aromatic heterocycles. The molecule has 1 N–H and O–H groups in total. The van der Waals surface area contributed by atoms with Crippen molar-refractivity contribution in [2.45, 2.75) is 19.8 Å². The molecule has 1 aliphatic rings. The Labute approximate surface area is 148 Å². The highest BCUT2D eigenvalue weighted by Gasteiger charge is 2.34. The third kappa shape index (κ3) is 4.52. The molecule has 0 atom stereocenters. The maximum Gasteiger partial charge on any atom is 0.341 e. The third-order valence-corrected chi connectivity index (χ3v) is 4.42. The second kappa shape index (κ2) is 8.21. The number of hydrogen-bond donors (Lipinski definition) is 1. The molecular weight excluding hydrogens is 354 g/mol. The number of rotatable bonds is 7. The summed E-state index contributed by atoms with van der Waals surface area (Å²) in [5.74, 6) is -1.16. The molecule has 2 rings (SSSR count). The number of carbonyl (C=O) groups excluding carboxylic acids is 2. The lowest BCUT2D eigenvalue weighted by molar-refractivity contribution is -0.139. The number of ether oxygens (including phenoxy) is 1. The van der Waals surface area contributed by atoms with Gasteiger partial charge in [0.1, 0.15) is 5.75 Å². The number of carboxylic acids is 1. The van der Waals surface area contributed by atoms with E-state index in [9.17, 15) is 14.4 Å². The number of nitrogens with zero attached hydrogens (tertiary/aromatic N) is 1. The fraction of sp³-hybridized carbons (Fsp3) is 0.312. The van der Waals surface area contributed by atoms with Crippen LogP contribution in [0.15, 0.2) is 23.1 Å². The Morgan fingerprint density at radius 1 is 1.42 bits per heavy atom. The highest BCUT2D eigenvalue weighted by molar-refractivity contribution is 8.18. The van der Waals surface area contributed by atoms with Crippen LogP contribution in [0.25, 0.3) is 6.08 Å². The molecule has 1 heterocycles. The molecule has 1 aliphatic heterocycles. The van der Waals surface area contributed by atoms with Crippen molar-refractivity contribution in [3.05, 3.63) is 33.7 Å². The van der Waals surface area contributed by atoms with Gasteiger partial charge in [-0.1, -0.05) is 31.0 Å². The van der Waals surface area contributed by atoms with Crippen molar-refractivity contribution >= 4 is 46.6 Å². The van der Waals surface area contributed by atoms with Crippen molar-refractivity contribution in [2.24, 2.45) is 0 Å². The Balaban J connectivity index is 2.13. The number of carbonyl (C=O) groups is 3. The summed E-state index contributed by atoms with van der Waals surface area (Å²) in [6.07, 6.45) is 3.25. The minimum absolute atomic E-state index is 0.232. The molecule has 2 amide bonds. The van der Waals surface area contributed by atoms with Crippen LogP contribution >= 0.6 is 23.4 Å². The summed E-state index contributed by atoms with van der Waals surface area (Å²) in [7, 11) is 0. The van der Waals surface area contributed by atoms with E-state index in [1.165, 1.54) is 11.0 Å². The quantitative estimate of drug-likeness (QED) is 0.739. The van der Waals surface area contributed by atoms with Gasteiger partial charge in [0.15, 0.2) is 6.61 Å². The summed E-state index contributed by atoms with van der Waals surface area (Å²) < 4.78 is 5.04. The Morgan fingerprint density at radius 2 is 2.17 bits per heavy atom. The molecule has 6 nitrogen and oxygen atoms in total. The van der Waals surface area contributed by atoms with Crippen LogP contribution in [0.4, 0.5) is 4.79 Å². The first-order valence-corrected chi connectivity index (χ1v) is 8.51. The van der Waals surface area contributed by atoms with Crippen LogP contribution in [-0.2, 0) is 9.59 Å². The maximum atomic E-state index is 12.2. The number of imide groups is 1. The van der Waals surface area contributed by atoms with E-state index in [2.05, 4.69) is 0 Å². The molecule has 24 heavy (non-hydrogen) atoms. The third-order valence-electron chi connectivity index (χ3n) is 3.21. The summed E-state index contributed by atoms with van der Waals surface area (Å²) in [6.45, 7) is 1.92. The van der Waals surface area contributed by atoms with Gasteiger partial charge in [0.25, 0.3) is 11.1 Å². The van der Waals surface area contributed by atoms with Crippen LogP contribution in [0.1, 0.15) is 25.3 Å². The Hall–Kier alpha value is -1.99. The number of thioether (sulfide) groups is 1. The van der Waals surface area contributed by atoms with Crippen molar-refractivity contribution in [1.82, 2.24) is 4.90 Å². The molecular formula is C16H16ClNO5S. The molecule has 0 aliphatic carbocycles. The van der Waals surface area contributed by atoms with E-state index < -0.39 is 12.6 Å². The van der Waals surface area contributed by atoms with Gasteiger partial charge < -0.3 is 9.84 Å². The molecule has 0 spiro atoms. The van der Waals surface area contributed by atoms with Gasteiger partial charge in [-0.15, -0.1) is 0 Å². The Morgan fingerprint density at radius 3 is 2.79 bits per heavy atom. The van der Waals surface area contributed by atoms with Crippen molar-refractivity contribution in [2.75, 3.05) is 13.2 Å². The van der Waals surface area contributed by atoms with Gasteiger partial charge in [0.05, 0.1) is 9.93 Å². The van der Waals surface area contributed by atoms with E-state index >= 15 is 0 Å². The Bertz CT molecular complexity index is 704. The van der Waals surface area contributed by atoms with Crippen molar-refractivity contribution in [3.8, 4) is 5.75 Å². The van der Waals surface area contributed by atoms with Crippen molar-refractivity contribution < 1.29 is 24.2 Å². The predicted octanol–water partition coefficient (Wildman–Crippen LogP) is 3.64. The highest BCUT2D eigenvalue weighted by Crippen LogP contribution is 2.33. The van der Waals surface area contributed by atoms with E-state index in [1.54, 1.807) is 18.2 Å². The molecule has 1 aromatic rings. The van der Waals surface area contributed by atoms with Gasteiger partial charge in [0.2, 0.25) is 0 Å². The van der Waals surface area contributed by atoms with Crippen LogP contribution in [0.3, 0.4) is 0 Å². The summed E-state index contributed by atoms with van der Waals surface area (Å²) in [5, 5.41) is 8.56. The molecule has 0 bridgehead atoms. The fourth-order valence-corrected chi connectivity index (χ4v) is 3.13. The number of halogens is 1. The van der Waals surface area contributed by atoms with E-state index in [1.807, 2.05) is 6.92 Å². The zero-order valence-electron chi connectivity index (χ0n) is 13.0. The second-order valence-electron chi connectivity index (χ2n) is 5.06. The number of hydrogen-bond acceptors (Lipinski definition) is 5. The lowest BCUT2D eigenvalue weighted by atomic mass is 10.2. The van der Waals surface area contributed by atoms with Crippen LogP contribution in [0, 0.1) is 0 Å². The normalized spacial score (nSPS) is 16.1. The molecule has 0 saturated carbocycles. The van der Waals surface area contributed by atoms with Gasteiger partial charge >= 0.3 is 5.97 Å². The topological polar surface area (TPSA) is 83.9 Å². The van der Waals surface area contributed by atoms with Crippen LogP contribution in [0.5, 0.6) is 5.75 Å². The molecule has 1 aromatic carbocycles. The summed E-state index contributed by atoms with van der Waals surface area (Å²) >= 11 is 6.94. The number of aliphatic carboxylic acids is 1. The highest BCUT2D eigenvalue weighted by atomic mass is 35.5. The lowest BCUT2D eigenvalue weighted by Crippen LogP contribution is -2.29. The van der Waals surface area contributed by atoms with E-state index in [0.29, 0.717) is 17.0 Å². The molecule has 1 saturated heterocycles. The smallest absolute Gasteiger partial charge is 0.341 e. The first kappa shape index (κ1) is 18.4. The minimum Gasteiger partial charge on any atom is -0.480 e. The molecule has 0 unspecified atom stereocenters. The van der Waals surface area contributed by atoms with Gasteiger partial charge in [0, 0.05) is 6.54 Å². The molecule has 128 valence electrons. The van der Waals surface area contributed by atoms with E-state index in [-0.39, 0.29) is 21.9 Å². The van der Waals surface area contributed by atoms with Crippen molar-refractivity contribution in [3.63, 3.8) is 0 Å². The van der Waals surface area contributed by atoms with E-state index in [0.717, 1.165) is 24.6 Å². The van der Waals surface area contributed by atoms with Gasteiger partial charge in [-0.25, -0.2) is 4.79 Å². The molecule has 0 radical (unpaired) electrons. The first-order valence-electron chi connectivity index (χ1n) is 7.32. The zero-order valence-corrected chi connectivity index (χ0v) is 14.5. The number of amides is 2. The van der Waals surface area contributed by atoms with Crippen LogP contribution < -0.4 is 4.74 Å². The van der Waals surface area contributed by atoms with Crippen LogP contribution in [0.2, 0.25) is 5.02 Å². The minimum atomic E-state index is -1.10. The average molecular weight is 370 g/mol. The number of carboxylic acid groups (broad SMARTS) is 1. The van der Waals surface area contributed by atoms with Crippen molar-refractivity contribution in [1.29, 1.82) is 0 Å². The van der Waals surface area contributed by atoms with Gasteiger partial charge in [-0.3, -0.25) is 14.5 Å². The second-order valence-corrected chi connectivity index (χ2v) is 6.46. The van der Waals surface area contributed by atoms with Crippen LogP contribution in [-0.4, -0.2) is 40.3 Å².